The monoisotopic (exact) mass is 321 g/mol. The number of ether oxygens (including phenoxy) is 2. The van der Waals surface area contributed by atoms with Crippen LogP contribution in [-0.2, 0) is 11.4 Å². The lowest BCUT2D eigenvalue weighted by molar-refractivity contribution is -0.138. The van der Waals surface area contributed by atoms with Gasteiger partial charge in [-0.1, -0.05) is 35.9 Å². The van der Waals surface area contributed by atoms with E-state index in [4.69, 9.17) is 31.9 Å². The van der Waals surface area contributed by atoms with Crippen LogP contribution in [0.5, 0.6) is 11.5 Å². The summed E-state index contributed by atoms with van der Waals surface area (Å²) < 4.78 is 10.9. The van der Waals surface area contributed by atoms with Crippen LogP contribution in [-0.4, -0.2) is 18.2 Å². The molecule has 3 N–H and O–H groups in total. The molecular formula is C16H16ClNO4. The lowest BCUT2D eigenvalue weighted by atomic mass is 10.1. The first-order chi connectivity index (χ1) is 10.5. The lowest BCUT2D eigenvalue weighted by Gasteiger charge is -2.14. The molecule has 22 heavy (non-hydrogen) atoms. The molecule has 1 atom stereocenters. The predicted molar refractivity (Wildman–Crippen MR) is 83.3 cm³/mol. The number of nitrogens with two attached hydrogens (primary N) is 1. The molecule has 0 unspecified atom stereocenters. The highest BCUT2D eigenvalue weighted by molar-refractivity contribution is 6.31. The van der Waals surface area contributed by atoms with Gasteiger partial charge >= 0.3 is 5.97 Å². The van der Waals surface area contributed by atoms with E-state index in [-0.39, 0.29) is 6.61 Å². The second-order valence-electron chi connectivity index (χ2n) is 4.61. The lowest BCUT2D eigenvalue weighted by Crippen LogP contribution is -2.20. The van der Waals surface area contributed by atoms with E-state index in [1.807, 2.05) is 18.2 Å². The van der Waals surface area contributed by atoms with Crippen molar-refractivity contribution >= 4 is 17.6 Å². The van der Waals surface area contributed by atoms with Gasteiger partial charge in [0, 0.05) is 10.6 Å². The van der Waals surface area contributed by atoms with E-state index in [1.165, 1.54) is 7.11 Å². The predicted octanol–water partition coefficient (Wildman–Crippen LogP) is 3.01. The van der Waals surface area contributed by atoms with Gasteiger partial charge in [-0.3, -0.25) is 4.79 Å². The molecule has 6 heteroatoms. The Morgan fingerprint density at radius 2 is 2.00 bits per heavy atom. The van der Waals surface area contributed by atoms with Gasteiger partial charge in [0.1, 0.15) is 12.6 Å². The average Bonchev–Trinajstić information content (AvgIpc) is 2.53. The molecule has 0 fully saturated rings. The maximum absolute atomic E-state index is 10.9. The van der Waals surface area contributed by atoms with E-state index in [0.717, 1.165) is 5.56 Å². The first-order valence-corrected chi connectivity index (χ1v) is 6.93. The van der Waals surface area contributed by atoms with Gasteiger partial charge < -0.3 is 20.3 Å². The Morgan fingerprint density at radius 1 is 1.27 bits per heavy atom. The molecule has 0 radical (unpaired) electrons. The highest BCUT2D eigenvalue weighted by Crippen LogP contribution is 2.31. The third kappa shape index (κ3) is 3.69. The molecule has 0 aromatic heterocycles. The molecule has 0 heterocycles. The fourth-order valence-corrected chi connectivity index (χ4v) is 2.10. The van der Waals surface area contributed by atoms with Gasteiger partial charge in [0.15, 0.2) is 11.5 Å². The normalized spacial score (nSPS) is 11.8. The van der Waals surface area contributed by atoms with Crippen molar-refractivity contribution in [3.63, 3.8) is 0 Å². The van der Waals surface area contributed by atoms with E-state index < -0.39 is 12.0 Å². The van der Waals surface area contributed by atoms with Crippen LogP contribution >= 0.6 is 11.6 Å². The van der Waals surface area contributed by atoms with Crippen LogP contribution < -0.4 is 15.2 Å². The Morgan fingerprint density at radius 3 is 2.64 bits per heavy atom. The summed E-state index contributed by atoms with van der Waals surface area (Å²) in [5.74, 6) is -0.197. The van der Waals surface area contributed by atoms with Gasteiger partial charge in [0.25, 0.3) is 0 Å². The molecule has 0 saturated carbocycles. The number of carboxylic acids is 1. The van der Waals surface area contributed by atoms with Crippen molar-refractivity contribution in [3.8, 4) is 11.5 Å². The van der Waals surface area contributed by atoms with Crippen LogP contribution in [0.2, 0.25) is 5.02 Å². The number of methoxy groups -OCH3 is 1. The highest BCUT2D eigenvalue weighted by Gasteiger charge is 2.17. The van der Waals surface area contributed by atoms with Crippen molar-refractivity contribution in [1.29, 1.82) is 0 Å². The number of aliphatic carboxylic acids is 1. The van der Waals surface area contributed by atoms with Crippen molar-refractivity contribution in [2.24, 2.45) is 5.73 Å². The molecule has 0 aliphatic heterocycles. The number of hydrogen-bond acceptors (Lipinski definition) is 4. The molecule has 0 aliphatic carbocycles. The zero-order valence-electron chi connectivity index (χ0n) is 12.0. The molecule has 0 bridgehead atoms. The van der Waals surface area contributed by atoms with Crippen molar-refractivity contribution in [2.45, 2.75) is 12.6 Å². The minimum Gasteiger partial charge on any atom is -0.493 e. The maximum Gasteiger partial charge on any atom is 0.325 e. The topological polar surface area (TPSA) is 81.8 Å². The van der Waals surface area contributed by atoms with Crippen LogP contribution in [0.3, 0.4) is 0 Å². The number of benzene rings is 2. The molecule has 2 rings (SSSR count). The summed E-state index contributed by atoms with van der Waals surface area (Å²) >= 11 is 6.07. The smallest absolute Gasteiger partial charge is 0.325 e. The Kier molecular flexibility index (Phi) is 5.25. The zero-order chi connectivity index (χ0) is 16.1. The third-order valence-electron chi connectivity index (χ3n) is 3.15. The number of halogens is 1. The highest BCUT2D eigenvalue weighted by atomic mass is 35.5. The van der Waals surface area contributed by atoms with Crippen molar-refractivity contribution in [2.75, 3.05) is 7.11 Å². The molecule has 2 aromatic carbocycles. The van der Waals surface area contributed by atoms with Crippen LogP contribution in [0.4, 0.5) is 0 Å². The van der Waals surface area contributed by atoms with E-state index in [2.05, 4.69) is 0 Å². The summed E-state index contributed by atoms with van der Waals surface area (Å²) in [4.78, 5) is 10.9. The van der Waals surface area contributed by atoms with Crippen molar-refractivity contribution < 1.29 is 19.4 Å². The van der Waals surface area contributed by atoms with Crippen LogP contribution in [0, 0.1) is 0 Å². The van der Waals surface area contributed by atoms with Gasteiger partial charge in [-0.15, -0.1) is 0 Å². The molecule has 116 valence electrons. The first-order valence-electron chi connectivity index (χ1n) is 6.55. The molecular weight excluding hydrogens is 306 g/mol. The Bertz CT molecular complexity index is 675. The largest absolute Gasteiger partial charge is 0.493 e. The molecule has 5 nitrogen and oxygen atoms in total. The zero-order valence-corrected chi connectivity index (χ0v) is 12.7. The van der Waals surface area contributed by atoms with E-state index in [1.54, 1.807) is 24.3 Å². The molecule has 0 spiro atoms. The second-order valence-corrected chi connectivity index (χ2v) is 5.01. The van der Waals surface area contributed by atoms with E-state index >= 15 is 0 Å². The number of hydrogen-bond donors (Lipinski definition) is 2. The summed E-state index contributed by atoms with van der Waals surface area (Å²) in [5, 5.41) is 9.56. The van der Waals surface area contributed by atoms with Crippen LogP contribution in [0.25, 0.3) is 0 Å². The van der Waals surface area contributed by atoms with Crippen LogP contribution in [0.15, 0.2) is 42.5 Å². The fraction of sp³-hybridized carbons (Fsp3) is 0.188. The summed E-state index contributed by atoms with van der Waals surface area (Å²) in [6.45, 7) is 0.278. The standard InChI is InChI=1S/C16H16ClNO4/c1-21-14-8-10(15(18)16(19)20)6-7-13(14)22-9-11-4-2-3-5-12(11)17/h2-8,15H,9,18H2,1H3,(H,19,20)/t15-/m0/s1. The van der Waals surface area contributed by atoms with Gasteiger partial charge in [-0.2, -0.15) is 0 Å². The summed E-state index contributed by atoms with van der Waals surface area (Å²) in [6, 6.07) is 11.0. The second kappa shape index (κ2) is 7.15. The SMILES string of the molecule is COc1cc([C@H](N)C(=O)O)ccc1OCc1ccccc1Cl. The van der Waals surface area contributed by atoms with Gasteiger partial charge in [0.2, 0.25) is 0 Å². The summed E-state index contributed by atoms with van der Waals surface area (Å²) in [5.41, 5.74) is 6.87. The van der Waals surface area contributed by atoms with Gasteiger partial charge in [-0.05, 0) is 23.8 Å². The van der Waals surface area contributed by atoms with Gasteiger partial charge in [0.05, 0.1) is 7.11 Å². The fourth-order valence-electron chi connectivity index (χ4n) is 1.91. The van der Waals surface area contributed by atoms with E-state index in [0.29, 0.717) is 22.1 Å². The Balaban J connectivity index is 2.18. The third-order valence-corrected chi connectivity index (χ3v) is 3.52. The van der Waals surface area contributed by atoms with Gasteiger partial charge in [-0.25, -0.2) is 0 Å². The Labute approximate surface area is 133 Å². The number of carbonyl (C=O) groups is 1. The summed E-state index contributed by atoms with van der Waals surface area (Å²) in [7, 11) is 1.48. The minimum absolute atomic E-state index is 0.278. The molecule has 0 saturated heterocycles. The first kappa shape index (κ1) is 16.1. The van der Waals surface area contributed by atoms with Crippen molar-refractivity contribution in [1.82, 2.24) is 0 Å². The quantitative estimate of drug-likeness (QED) is 0.854. The number of rotatable bonds is 6. The van der Waals surface area contributed by atoms with Crippen molar-refractivity contribution in [3.05, 3.63) is 58.6 Å². The molecule has 0 aliphatic rings. The Hall–Kier alpha value is -2.24. The average molecular weight is 322 g/mol. The number of carboxylic acid groups (broad SMARTS) is 1. The summed E-state index contributed by atoms with van der Waals surface area (Å²) in [6.07, 6.45) is 0. The van der Waals surface area contributed by atoms with Crippen LogP contribution in [0.1, 0.15) is 17.2 Å². The maximum atomic E-state index is 10.9. The molecule has 2 aromatic rings. The molecule has 0 amide bonds. The minimum atomic E-state index is -1.11. The van der Waals surface area contributed by atoms with E-state index in [9.17, 15) is 4.79 Å².